The zero-order chi connectivity index (χ0) is 14.1. The molecule has 1 aromatic carbocycles. The summed E-state index contributed by atoms with van der Waals surface area (Å²) in [6, 6.07) is 7.73. The largest absolute Gasteiger partial charge is 0.385 e. The molecule has 2 rings (SSSR count). The summed E-state index contributed by atoms with van der Waals surface area (Å²) < 4.78 is 0. The highest BCUT2D eigenvalue weighted by atomic mass is 35.5. The maximum atomic E-state index is 11.0. The minimum absolute atomic E-state index is 0.325. The van der Waals surface area contributed by atoms with Crippen molar-refractivity contribution in [2.24, 2.45) is 11.3 Å². The van der Waals surface area contributed by atoms with Crippen molar-refractivity contribution in [1.29, 1.82) is 0 Å². The van der Waals surface area contributed by atoms with Gasteiger partial charge >= 0.3 is 0 Å². The van der Waals surface area contributed by atoms with Gasteiger partial charge in [-0.25, -0.2) is 0 Å². The summed E-state index contributed by atoms with van der Waals surface area (Å²) in [4.78, 5) is 0. The van der Waals surface area contributed by atoms with Crippen LogP contribution in [0.4, 0.5) is 0 Å². The van der Waals surface area contributed by atoms with Crippen molar-refractivity contribution in [2.75, 3.05) is 0 Å². The molecule has 1 aromatic rings. The molecule has 0 saturated heterocycles. The average molecular weight is 281 g/mol. The third-order valence-corrected chi connectivity index (χ3v) is 4.98. The quantitative estimate of drug-likeness (QED) is 0.705. The summed E-state index contributed by atoms with van der Waals surface area (Å²) in [6.45, 7) is 6.91. The summed E-state index contributed by atoms with van der Waals surface area (Å²) in [5, 5.41) is 11.7. The molecular weight excluding hydrogens is 256 g/mol. The highest BCUT2D eigenvalue weighted by Crippen LogP contribution is 2.44. The molecule has 1 nitrogen and oxygen atoms in total. The van der Waals surface area contributed by atoms with Gasteiger partial charge in [0.25, 0.3) is 0 Å². The van der Waals surface area contributed by atoms with Crippen LogP contribution in [-0.4, -0.2) is 5.11 Å². The first kappa shape index (κ1) is 14.9. The van der Waals surface area contributed by atoms with E-state index in [1.165, 1.54) is 6.42 Å². The normalized spacial score (nSPS) is 29.0. The lowest BCUT2D eigenvalue weighted by atomic mass is 9.76. The molecule has 0 bridgehead atoms. The number of hydrogen-bond acceptors (Lipinski definition) is 1. The van der Waals surface area contributed by atoms with Crippen LogP contribution in [0.15, 0.2) is 24.3 Å². The van der Waals surface area contributed by atoms with Gasteiger partial charge in [0.2, 0.25) is 0 Å². The molecule has 2 heteroatoms. The Morgan fingerprint density at radius 2 is 1.84 bits per heavy atom. The van der Waals surface area contributed by atoms with Crippen LogP contribution in [-0.2, 0) is 5.60 Å². The van der Waals surface area contributed by atoms with Gasteiger partial charge in [-0.3, -0.25) is 0 Å². The molecule has 19 heavy (non-hydrogen) atoms. The first-order valence-corrected chi connectivity index (χ1v) is 7.68. The first-order valence-electron chi connectivity index (χ1n) is 7.30. The number of hydrogen-bond donors (Lipinski definition) is 1. The fourth-order valence-electron chi connectivity index (χ4n) is 3.30. The molecule has 0 spiro atoms. The van der Waals surface area contributed by atoms with Crippen LogP contribution >= 0.6 is 11.6 Å². The molecule has 0 aliphatic heterocycles. The number of rotatable bonds is 1. The predicted octanol–water partition coefficient (Wildman–Crippen LogP) is 5.15. The van der Waals surface area contributed by atoms with Crippen LogP contribution in [0.5, 0.6) is 0 Å². The van der Waals surface area contributed by atoms with Gasteiger partial charge in [-0.05, 0) is 49.5 Å². The van der Waals surface area contributed by atoms with Crippen molar-refractivity contribution < 1.29 is 5.11 Å². The maximum Gasteiger partial charge on any atom is 0.0911 e. The third kappa shape index (κ3) is 3.32. The predicted molar refractivity (Wildman–Crippen MR) is 81.4 cm³/mol. The van der Waals surface area contributed by atoms with E-state index in [1.54, 1.807) is 0 Å². The second-order valence-electron chi connectivity index (χ2n) is 7.01. The zero-order valence-corrected chi connectivity index (χ0v) is 13.0. The van der Waals surface area contributed by atoms with E-state index in [2.05, 4.69) is 20.8 Å². The van der Waals surface area contributed by atoms with Gasteiger partial charge in [0.15, 0.2) is 0 Å². The van der Waals surface area contributed by atoms with Crippen molar-refractivity contribution >= 4 is 11.6 Å². The smallest absolute Gasteiger partial charge is 0.0911 e. The molecule has 1 N–H and O–H groups in total. The van der Waals surface area contributed by atoms with E-state index >= 15 is 0 Å². The van der Waals surface area contributed by atoms with Crippen LogP contribution < -0.4 is 0 Å². The van der Waals surface area contributed by atoms with Gasteiger partial charge in [-0.2, -0.15) is 0 Å². The van der Waals surface area contributed by atoms with Gasteiger partial charge in [0.1, 0.15) is 0 Å². The monoisotopic (exact) mass is 280 g/mol. The van der Waals surface area contributed by atoms with E-state index in [0.717, 1.165) is 31.2 Å². The van der Waals surface area contributed by atoms with E-state index in [4.69, 9.17) is 11.6 Å². The lowest BCUT2D eigenvalue weighted by Crippen LogP contribution is -2.26. The molecule has 2 unspecified atom stereocenters. The van der Waals surface area contributed by atoms with Crippen molar-refractivity contribution in [3.63, 3.8) is 0 Å². The van der Waals surface area contributed by atoms with Gasteiger partial charge in [0.05, 0.1) is 5.60 Å². The summed E-state index contributed by atoms with van der Waals surface area (Å²) in [6.07, 6.45) is 4.99. The molecule has 1 saturated carbocycles. The van der Waals surface area contributed by atoms with Crippen LogP contribution in [0, 0.1) is 11.3 Å². The minimum atomic E-state index is -0.738. The molecule has 1 fully saturated rings. The Morgan fingerprint density at radius 1 is 1.16 bits per heavy atom. The Kier molecular flexibility index (Phi) is 4.27. The Balaban J connectivity index is 2.20. The molecule has 2 atom stereocenters. The van der Waals surface area contributed by atoms with Crippen molar-refractivity contribution in [3.05, 3.63) is 34.9 Å². The lowest BCUT2D eigenvalue weighted by Gasteiger charge is -2.31. The van der Waals surface area contributed by atoms with E-state index in [1.807, 2.05) is 24.3 Å². The highest BCUT2D eigenvalue weighted by molar-refractivity contribution is 6.31. The molecule has 106 valence electrons. The second kappa shape index (κ2) is 5.46. The maximum absolute atomic E-state index is 11.0. The standard InChI is InChI=1S/C17H25ClO/c1-16(2,3)13-7-6-11-17(19,12-10-13)14-8-4-5-9-15(14)18/h4-5,8-9,13,19H,6-7,10-12H2,1-3H3. The average Bonchev–Trinajstić information content (AvgIpc) is 2.52. The Labute approximate surface area is 122 Å². The van der Waals surface area contributed by atoms with Gasteiger partial charge in [0, 0.05) is 10.6 Å². The molecule has 1 aliphatic rings. The van der Waals surface area contributed by atoms with Crippen LogP contribution in [0.1, 0.15) is 58.4 Å². The number of halogens is 1. The summed E-state index contributed by atoms with van der Waals surface area (Å²) in [7, 11) is 0. The summed E-state index contributed by atoms with van der Waals surface area (Å²) in [5.41, 5.74) is 0.496. The van der Waals surface area contributed by atoms with E-state index in [9.17, 15) is 5.11 Å². The Hall–Kier alpha value is -0.530. The number of aliphatic hydroxyl groups is 1. The topological polar surface area (TPSA) is 20.2 Å². The molecule has 0 amide bonds. The SMILES string of the molecule is CC(C)(C)C1CCCC(O)(c2ccccc2Cl)CC1. The van der Waals surface area contributed by atoms with E-state index in [0.29, 0.717) is 16.4 Å². The van der Waals surface area contributed by atoms with Crippen molar-refractivity contribution in [3.8, 4) is 0 Å². The molecule has 0 radical (unpaired) electrons. The van der Waals surface area contributed by atoms with Gasteiger partial charge in [-0.1, -0.05) is 50.6 Å². The highest BCUT2D eigenvalue weighted by Gasteiger charge is 2.36. The zero-order valence-electron chi connectivity index (χ0n) is 12.2. The number of benzene rings is 1. The van der Waals surface area contributed by atoms with Crippen LogP contribution in [0.25, 0.3) is 0 Å². The first-order chi connectivity index (χ1) is 8.83. The fourth-order valence-corrected chi connectivity index (χ4v) is 3.61. The molecule has 1 aliphatic carbocycles. The molecular formula is C17H25ClO. The molecule has 0 aromatic heterocycles. The fraction of sp³-hybridized carbons (Fsp3) is 0.647. The van der Waals surface area contributed by atoms with E-state index < -0.39 is 5.60 Å². The Morgan fingerprint density at radius 3 is 2.47 bits per heavy atom. The van der Waals surface area contributed by atoms with Gasteiger partial charge in [-0.15, -0.1) is 0 Å². The second-order valence-corrected chi connectivity index (χ2v) is 7.41. The van der Waals surface area contributed by atoms with Crippen molar-refractivity contribution in [1.82, 2.24) is 0 Å². The van der Waals surface area contributed by atoms with E-state index in [-0.39, 0.29) is 0 Å². The lowest BCUT2D eigenvalue weighted by molar-refractivity contribution is 0.0181. The van der Waals surface area contributed by atoms with Crippen LogP contribution in [0.3, 0.4) is 0 Å². The third-order valence-electron chi connectivity index (χ3n) is 4.65. The summed E-state index contributed by atoms with van der Waals surface area (Å²) >= 11 is 6.27. The minimum Gasteiger partial charge on any atom is -0.385 e. The Bertz CT molecular complexity index is 435. The summed E-state index contributed by atoms with van der Waals surface area (Å²) in [5.74, 6) is 0.684. The van der Waals surface area contributed by atoms with Gasteiger partial charge < -0.3 is 5.11 Å². The molecule has 0 heterocycles. The van der Waals surface area contributed by atoms with Crippen LogP contribution in [0.2, 0.25) is 5.02 Å². The van der Waals surface area contributed by atoms with Crippen molar-refractivity contribution in [2.45, 2.75) is 58.5 Å².